The first-order chi connectivity index (χ1) is 14.7. The van der Waals surface area contributed by atoms with Crippen molar-refractivity contribution in [3.8, 4) is 22.0 Å². The van der Waals surface area contributed by atoms with Crippen LogP contribution in [0.25, 0.3) is 22.0 Å². The summed E-state index contributed by atoms with van der Waals surface area (Å²) in [6, 6.07) is 10.8. The summed E-state index contributed by atoms with van der Waals surface area (Å²) in [5.41, 5.74) is 4.73. The molecule has 156 valence electrons. The predicted octanol–water partition coefficient (Wildman–Crippen LogP) is 7.09. The number of aromatic nitrogens is 4. The van der Waals surface area contributed by atoms with Crippen LogP contribution in [0.3, 0.4) is 0 Å². The minimum absolute atomic E-state index is 0.800. The molecule has 4 nitrogen and oxygen atoms in total. The molecule has 0 aliphatic carbocycles. The second kappa shape index (κ2) is 9.90. The molecular formula is C23H26N4S3. The quantitative estimate of drug-likeness (QED) is 0.253. The summed E-state index contributed by atoms with van der Waals surface area (Å²) in [4.78, 5) is 6.26. The molecule has 0 radical (unpaired) electrons. The third kappa shape index (κ3) is 4.85. The Labute approximate surface area is 190 Å². The predicted molar refractivity (Wildman–Crippen MR) is 129 cm³/mol. The van der Waals surface area contributed by atoms with Crippen LogP contribution in [0.1, 0.15) is 42.8 Å². The second-order valence-corrected chi connectivity index (χ2v) is 10.1. The zero-order chi connectivity index (χ0) is 20.9. The van der Waals surface area contributed by atoms with Crippen molar-refractivity contribution in [1.82, 2.24) is 19.7 Å². The van der Waals surface area contributed by atoms with Gasteiger partial charge in [0.05, 0.1) is 5.69 Å². The number of thiazole rings is 1. The van der Waals surface area contributed by atoms with Crippen molar-refractivity contribution in [3.05, 3.63) is 57.2 Å². The number of benzene rings is 1. The van der Waals surface area contributed by atoms with Gasteiger partial charge in [-0.1, -0.05) is 55.8 Å². The van der Waals surface area contributed by atoms with Crippen LogP contribution in [0.4, 0.5) is 0 Å². The Kier molecular flexibility index (Phi) is 7.02. The number of hydrogen-bond donors (Lipinski definition) is 0. The van der Waals surface area contributed by atoms with Gasteiger partial charge in [0, 0.05) is 39.1 Å². The molecular weight excluding hydrogens is 428 g/mol. The van der Waals surface area contributed by atoms with Gasteiger partial charge >= 0.3 is 0 Å². The Morgan fingerprint density at radius 1 is 1.00 bits per heavy atom. The zero-order valence-corrected chi connectivity index (χ0v) is 20.0. The van der Waals surface area contributed by atoms with Gasteiger partial charge in [0.15, 0.2) is 11.0 Å². The van der Waals surface area contributed by atoms with Crippen LogP contribution >= 0.6 is 34.4 Å². The molecule has 0 spiro atoms. The monoisotopic (exact) mass is 454 g/mol. The summed E-state index contributed by atoms with van der Waals surface area (Å²) in [6.45, 7) is 7.46. The maximum Gasteiger partial charge on any atom is 0.191 e. The highest BCUT2D eigenvalue weighted by Crippen LogP contribution is 2.31. The molecule has 0 aliphatic heterocycles. The Balaban J connectivity index is 1.50. The average molecular weight is 455 g/mol. The van der Waals surface area contributed by atoms with Crippen molar-refractivity contribution in [2.75, 3.05) is 0 Å². The van der Waals surface area contributed by atoms with E-state index in [1.807, 2.05) is 11.3 Å². The molecule has 0 saturated carbocycles. The zero-order valence-electron chi connectivity index (χ0n) is 17.6. The smallest absolute Gasteiger partial charge is 0.191 e. The molecule has 7 heteroatoms. The molecule has 4 rings (SSSR count). The number of thiophene rings is 1. The summed E-state index contributed by atoms with van der Waals surface area (Å²) in [6.07, 6.45) is 3.35. The first-order valence-corrected chi connectivity index (χ1v) is 13.1. The molecule has 3 heterocycles. The molecule has 4 aromatic rings. The van der Waals surface area contributed by atoms with Crippen molar-refractivity contribution in [3.63, 3.8) is 0 Å². The first-order valence-electron chi connectivity index (χ1n) is 10.3. The van der Waals surface area contributed by atoms with Crippen LogP contribution in [-0.4, -0.2) is 19.7 Å². The van der Waals surface area contributed by atoms with Gasteiger partial charge in [-0.2, -0.15) is 0 Å². The highest BCUT2D eigenvalue weighted by molar-refractivity contribution is 7.98. The van der Waals surface area contributed by atoms with Gasteiger partial charge < -0.3 is 4.57 Å². The minimum atomic E-state index is 0.800. The topological polar surface area (TPSA) is 43.6 Å². The van der Waals surface area contributed by atoms with Crippen molar-refractivity contribution in [2.24, 2.45) is 0 Å². The normalized spacial score (nSPS) is 11.3. The van der Waals surface area contributed by atoms with Gasteiger partial charge in [-0.25, -0.2) is 4.98 Å². The largest absolute Gasteiger partial charge is 0.302 e. The van der Waals surface area contributed by atoms with E-state index in [9.17, 15) is 0 Å². The van der Waals surface area contributed by atoms with Crippen molar-refractivity contribution in [1.29, 1.82) is 0 Å². The van der Waals surface area contributed by atoms with Crippen LogP contribution in [0.15, 0.2) is 46.2 Å². The van der Waals surface area contributed by atoms with Crippen molar-refractivity contribution < 1.29 is 0 Å². The highest BCUT2D eigenvalue weighted by Gasteiger charge is 2.16. The average Bonchev–Trinajstić information content (AvgIpc) is 3.47. The number of thioether (sulfide) groups is 1. The lowest BCUT2D eigenvalue weighted by Gasteiger charge is -2.07. The fourth-order valence-corrected chi connectivity index (χ4v) is 6.08. The maximum atomic E-state index is 4.84. The van der Waals surface area contributed by atoms with Gasteiger partial charge in [0.1, 0.15) is 5.01 Å². The molecule has 0 bridgehead atoms. The third-order valence-corrected chi connectivity index (χ3v) is 7.68. The van der Waals surface area contributed by atoms with Gasteiger partial charge in [-0.15, -0.1) is 32.9 Å². The fourth-order valence-electron chi connectivity index (χ4n) is 3.33. The summed E-state index contributed by atoms with van der Waals surface area (Å²) >= 11 is 5.25. The van der Waals surface area contributed by atoms with Gasteiger partial charge in [-0.05, 0) is 31.9 Å². The Morgan fingerprint density at radius 2 is 1.90 bits per heavy atom. The van der Waals surface area contributed by atoms with E-state index in [1.54, 1.807) is 23.1 Å². The summed E-state index contributed by atoms with van der Waals surface area (Å²) < 4.78 is 2.26. The van der Waals surface area contributed by atoms with Gasteiger partial charge in [0.25, 0.3) is 0 Å². The molecule has 0 unspecified atom stereocenters. The van der Waals surface area contributed by atoms with E-state index in [0.717, 1.165) is 46.8 Å². The molecule has 30 heavy (non-hydrogen) atoms. The second-order valence-electron chi connectivity index (χ2n) is 7.31. The Hall–Kier alpha value is -1.96. The molecule has 0 aliphatic rings. The lowest BCUT2D eigenvalue weighted by molar-refractivity contribution is 0.626. The summed E-state index contributed by atoms with van der Waals surface area (Å²) in [7, 11) is 0. The number of rotatable bonds is 9. The number of hydrogen-bond acceptors (Lipinski definition) is 6. The van der Waals surface area contributed by atoms with Crippen LogP contribution < -0.4 is 0 Å². The summed E-state index contributed by atoms with van der Waals surface area (Å²) in [5, 5.41) is 15.5. The highest BCUT2D eigenvalue weighted by atomic mass is 32.2. The maximum absolute atomic E-state index is 4.84. The molecule has 0 N–H and O–H groups in total. The van der Waals surface area contributed by atoms with E-state index in [0.29, 0.717) is 0 Å². The van der Waals surface area contributed by atoms with Crippen LogP contribution in [-0.2, 0) is 18.7 Å². The standard InChI is InChI=1S/C23H26N4S3/c1-4-7-20-12-18(13-28-20)21-25-26-23(27(21)10-5-2)30-15-19-14-29-22(24-19)17-9-6-8-16(3)11-17/h6,8-9,11-14H,4-5,7,10,15H2,1-3H3. The van der Waals surface area contributed by atoms with E-state index in [1.165, 1.54) is 28.0 Å². The molecule has 3 aromatic heterocycles. The van der Waals surface area contributed by atoms with E-state index in [-0.39, 0.29) is 0 Å². The fraction of sp³-hybridized carbons (Fsp3) is 0.348. The number of aryl methyl sites for hydroxylation is 2. The minimum Gasteiger partial charge on any atom is -0.302 e. The van der Waals surface area contributed by atoms with Crippen molar-refractivity contribution in [2.45, 2.75) is 57.5 Å². The Morgan fingerprint density at radius 3 is 2.70 bits per heavy atom. The van der Waals surface area contributed by atoms with Gasteiger partial charge in [-0.3, -0.25) is 0 Å². The van der Waals surface area contributed by atoms with Crippen molar-refractivity contribution >= 4 is 34.4 Å². The van der Waals surface area contributed by atoms with Gasteiger partial charge in [0.2, 0.25) is 0 Å². The number of nitrogens with zero attached hydrogens (tertiary/aromatic N) is 4. The lowest BCUT2D eigenvalue weighted by atomic mass is 10.1. The van der Waals surface area contributed by atoms with Crippen LogP contribution in [0.2, 0.25) is 0 Å². The first kappa shape index (κ1) is 21.3. The molecule has 0 fully saturated rings. The van der Waals surface area contributed by atoms with Crippen LogP contribution in [0.5, 0.6) is 0 Å². The van der Waals surface area contributed by atoms with E-state index < -0.39 is 0 Å². The van der Waals surface area contributed by atoms with E-state index >= 15 is 0 Å². The van der Waals surface area contributed by atoms with Crippen LogP contribution in [0, 0.1) is 6.92 Å². The lowest BCUT2D eigenvalue weighted by Crippen LogP contribution is -2.01. The Bertz CT molecular complexity index is 1110. The molecule has 0 atom stereocenters. The molecule has 1 aromatic carbocycles. The molecule has 0 amide bonds. The third-order valence-electron chi connectivity index (χ3n) is 4.74. The SMILES string of the molecule is CCCc1cc(-c2nnc(SCc3csc(-c4cccc(C)c4)n3)n2CCC)cs1. The van der Waals surface area contributed by atoms with E-state index in [2.05, 4.69) is 76.6 Å². The molecule has 0 saturated heterocycles. The summed E-state index contributed by atoms with van der Waals surface area (Å²) in [5.74, 6) is 1.78. The van der Waals surface area contributed by atoms with E-state index in [4.69, 9.17) is 4.98 Å².